The minimum Gasteiger partial charge on any atom is -0.497 e. The Kier molecular flexibility index (Phi) is 3.17. The first-order chi connectivity index (χ1) is 7.70. The molecule has 0 heterocycles. The Morgan fingerprint density at radius 3 is 3.00 bits per heavy atom. The molecule has 0 saturated heterocycles. The summed E-state index contributed by atoms with van der Waals surface area (Å²) in [5.74, 6) is 0.799. The summed E-state index contributed by atoms with van der Waals surface area (Å²) in [5.41, 5.74) is 0.201. The molecule has 2 atom stereocenters. The molecule has 0 bridgehead atoms. The number of hydrogen-bond acceptors (Lipinski definition) is 3. The van der Waals surface area contributed by atoms with Crippen LogP contribution in [0.4, 0.5) is 0 Å². The smallest absolute Gasteiger partial charge is 0.119 e. The van der Waals surface area contributed by atoms with Gasteiger partial charge >= 0.3 is 0 Å². The Labute approximate surface area is 96.4 Å². The highest BCUT2D eigenvalue weighted by molar-refractivity contribution is 5.34. The Bertz CT molecular complexity index is 367. The van der Waals surface area contributed by atoms with Gasteiger partial charge in [-0.05, 0) is 44.0 Å². The standard InChI is InChI=1S/C13H19NO2/c1-14-12-7-4-8-13(12,15)10-5-3-6-11(9-10)16-2/h3,5-6,9,12,14-15H,4,7-8H2,1-2H3. The van der Waals surface area contributed by atoms with Gasteiger partial charge in [0.25, 0.3) is 0 Å². The van der Waals surface area contributed by atoms with Gasteiger partial charge in [0.15, 0.2) is 0 Å². The van der Waals surface area contributed by atoms with E-state index in [1.807, 2.05) is 31.3 Å². The van der Waals surface area contributed by atoms with Crippen LogP contribution < -0.4 is 10.1 Å². The summed E-state index contributed by atoms with van der Waals surface area (Å²) in [7, 11) is 3.55. The number of ether oxygens (including phenoxy) is 1. The van der Waals surface area contributed by atoms with Crippen molar-refractivity contribution in [2.24, 2.45) is 0 Å². The Balaban J connectivity index is 2.34. The van der Waals surface area contributed by atoms with Crippen LogP contribution in [0, 0.1) is 0 Å². The zero-order chi connectivity index (χ0) is 11.6. The largest absolute Gasteiger partial charge is 0.497 e. The first-order valence-electron chi connectivity index (χ1n) is 5.75. The van der Waals surface area contributed by atoms with Gasteiger partial charge in [0.1, 0.15) is 11.4 Å². The molecule has 1 saturated carbocycles. The van der Waals surface area contributed by atoms with Crippen LogP contribution in [0.15, 0.2) is 24.3 Å². The molecule has 0 amide bonds. The maximum absolute atomic E-state index is 10.7. The summed E-state index contributed by atoms with van der Waals surface area (Å²) in [6.07, 6.45) is 2.88. The van der Waals surface area contributed by atoms with Crippen LogP contribution in [0.25, 0.3) is 0 Å². The van der Waals surface area contributed by atoms with Crippen molar-refractivity contribution >= 4 is 0 Å². The molecular weight excluding hydrogens is 202 g/mol. The second kappa shape index (κ2) is 4.44. The number of nitrogens with one attached hydrogen (secondary N) is 1. The van der Waals surface area contributed by atoms with Gasteiger partial charge in [-0.1, -0.05) is 12.1 Å². The molecule has 1 aliphatic rings. The normalized spacial score (nSPS) is 29.3. The molecule has 2 N–H and O–H groups in total. The van der Waals surface area contributed by atoms with Crippen molar-refractivity contribution < 1.29 is 9.84 Å². The highest BCUT2D eigenvalue weighted by Crippen LogP contribution is 2.39. The molecule has 0 aromatic heterocycles. The van der Waals surface area contributed by atoms with Gasteiger partial charge in [0, 0.05) is 6.04 Å². The third-order valence-electron chi connectivity index (χ3n) is 3.55. The van der Waals surface area contributed by atoms with Crippen molar-refractivity contribution in [3.63, 3.8) is 0 Å². The van der Waals surface area contributed by atoms with Gasteiger partial charge in [-0.25, -0.2) is 0 Å². The summed E-state index contributed by atoms with van der Waals surface area (Å²) in [4.78, 5) is 0. The number of hydrogen-bond donors (Lipinski definition) is 2. The first kappa shape index (κ1) is 11.4. The lowest BCUT2D eigenvalue weighted by Crippen LogP contribution is -2.42. The molecule has 2 rings (SSSR count). The van der Waals surface area contributed by atoms with E-state index in [0.29, 0.717) is 0 Å². The fourth-order valence-corrected chi connectivity index (χ4v) is 2.61. The van der Waals surface area contributed by atoms with E-state index in [4.69, 9.17) is 4.74 Å². The van der Waals surface area contributed by atoms with Crippen LogP contribution in [0.1, 0.15) is 24.8 Å². The van der Waals surface area contributed by atoms with Crippen molar-refractivity contribution in [1.29, 1.82) is 0 Å². The van der Waals surface area contributed by atoms with Crippen molar-refractivity contribution in [1.82, 2.24) is 5.32 Å². The van der Waals surface area contributed by atoms with E-state index < -0.39 is 5.60 Å². The molecule has 16 heavy (non-hydrogen) atoms. The van der Waals surface area contributed by atoms with E-state index in [2.05, 4.69) is 5.32 Å². The average molecular weight is 221 g/mol. The van der Waals surface area contributed by atoms with Crippen LogP contribution in [-0.4, -0.2) is 25.3 Å². The number of methoxy groups -OCH3 is 1. The van der Waals surface area contributed by atoms with Gasteiger partial charge in [-0.2, -0.15) is 0 Å². The first-order valence-corrected chi connectivity index (χ1v) is 5.75. The zero-order valence-electron chi connectivity index (χ0n) is 9.86. The molecule has 0 spiro atoms. The lowest BCUT2D eigenvalue weighted by Gasteiger charge is -2.30. The predicted molar refractivity (Wildman–Crippen MR) is 63.6 cm³/mol. The molecule has 88 valence electrons. The second-order valence-corrected chi connectivity index (χ2v) is 4.39. The summed E-state index contributed by atoms with van der Waals surface area (Å²) in [6.45, 7) is 0. The highest BCUT2D eigenvalue weighted by Gasteiger charge is 2.41. The number of aliphatic hydroxyl groups is 1. The average Bonchev–Trinajstić information content (AvgIpc) is 2.72. The van der Waals surface area contributed by atoms with Crippen molar-refractivity contribution in [2.45, 2.75) is 30.9 Å². The summed E-state index contributed by atoms with van der Waals surface area (Å²) in [5, 5.41) is 13.9. The van der Waals surface area contributed by atoms with Crippen LogP contribution >= 0.6 is 0 Å². The molecule has 1 aromatic rings. The van der Waals surface area contributed by atoms with Gasteiger partial charge in [-0.3, -0.25) is 0 Å². The van der Waals surface area contributed by atoms with Crippen molar-refractivity contribution in [3.8, 4) is 5.75 Å². The molecule has 3 nitrogen and oxygen atoms in total. The summed E-state index contributed by atoms with van der Waals surface area (Å²) >= 11 is 0. The Morgan fingerprint density at radius 1 is 1.50 bits per heavy atom. The lowest BCUT2D eigenvalue weighted by atomic mass is 9.88. The van der Waals surface area contributed by atoms with Crippen LogP contribution in [0.5, 0.6) is 5.75 Å². The Hall–Kier alpha value is -1.06. The minimum atomic E-state index is -0.747. The lowest BCUT2D eigenvalue weighted by molar-refractivity contribution is 0.0184. The molecule has 0 radical (unpaired) electrons. The van der Waals surface area contributed by atoms with Crippen molar-refractivity contribution in [3.05, 3.63) is 29.8 Å². The quantitative estimate of drug-likeness (QED) is 0.815. The van der Waals surface area contributed by atoms with E-state index in [0.717, 1.165) is 30.6 Å². The fraction of sp³-hybridized carbons (Fsp3) is 0.538. The SMILES string of the molecule is CNC1CCCC1(O)c1cccc(OC)c1. The van der Waals surface area contributed by atoms with E-state index in [-0.39, 0.29) is 6.04 Å². The second-order valence-electron chi connectivity index (χ2n) is 4.39. The molecule has 2 unspecified atom stereocenters. The van der Waals surface area contributed by atoms with Crippen molar-refractivity contribution in [2.75, 3.05) is 14.2 Å². The van der Waals surface area contributed by atoms with Crippen LogP contribution in [-0.2, 0) is 5.60 Å². The highest BCUT2D eigenvalue weighted by atomic mass is 16.5. The number of rotatable bonds is 3. The molecule has 1 aromatic carbocycles. The minimum absolute atomic E-state index is 0.139. The topological polar surface area (TPSA) is 41.5 Å². The van der Waals surface area contributed by atoms with E-state index in [1.54, 1.807) is 7.11 Å². The summed E-state index contributed by atoms with van der Waals surface area (Å²) < 4.78 is 5.20. The third kappa shape index (κ3) is 1.81. The number of benzene rings is 1. The van der Waals surface area contributed by atoms with E-state index in [9.17, 15) is 5.11 Å². The van der Waals surface area contributed by atoms with E-state index in [1.165, 1.54) is 0 Å². The maximum atomic E-state index is 10.7. The monoisotopic (exact) mass is 221 g/mol. The van der Waals surface area contributed by atoms with Gasteiger partial charge in [0.2, 0.25) is 0 Å². The van der Waals surface area contributed by atoms with Crippen LogP contribution in [0.3, 0.4) is 0 Å². The number of likely N-dealkylation sites (N-methyl/N-ethyl adjacent to an activating group) is 1. The van der Waals surface area contributed by atoms with Crippen LogP contribution in [0.2, 0.25) is 0 Å². The Morgan fingerprint density at radius 2 is 2.31 bits per heavy atom. The molecule has 1 fully saturated rings. The fourth-order valence-electron chi connectivity index (χ4n) is 2.61. The molecule has 0 aliphatic heterocycles. The van der Waals surface area contributed by atoms with Gasteiger partial charge in [-0.15, -0.1) is 0 Å². The third-order valence-corrected chi connectivity index (χ3v) is 3.55. The van der Waals surface area contributed by atoms with Gasteiger partial charge < -0.3 is 15.2 Å². The zero-order valence-corrected chi connectivity index (χ0v) is 9.86. The molecule has 1 aliphatic carbocycles. The van der Waals surface area contributed by atoms with Gasteiger partial charge in [0.05, 0.1) is 7.11 Å². The molecular formula is C13H19NO2. The molecule has 3 heteroatoms. The summed E-state index contributed by atoms with van der Waals surface area (Å²) in [6, 6.07) is 7.86. The predicted octanol–water partition coefficient (Wildman–Crippen LogP) is 1.65. The maximum Gasteiger partial charge on any atom is 0.119 e. The van der Waals surface area contributed by atoms with E-state index >= 15 is 0 Å².